The largest absolute Gasteiger partial charge is 0.472 e. The van der Waals surface area contributed by atoms with Crippen LogP contribution < -0.4 is 5.32 Å². The van der Waals surface area contributed by atoms with Crippen molar-refractivity contribution >= 4 is 27.9 Å². The van der Waals surface area contributed by atoms with Gasteiger partial charge in [-0.1, -0.05) is 11.3 Å². The highest BCUT2D eigenvalue weighted by molar-refractivity contribution is 7.15. The lowest BCUT2D eigenvalue weighted by Gasteiger charge is -2.00. The van der Waals surface area contributed by atoms with Crippen molar-refractivity contribution in [2.75, 3.05) is 5.32 Å². The number of hydrogen-bond acceptors (Lipinski definition) is 6. The number of furan rings is 1. The van der Waals surface area contributed by atoms with E-state index in [9.17, 15) is 10.1 Å². The molecule has 0 radical (unpaired) electrons. The molecule has 0 fully saturated rings. The topological polar surface area (TPSA) is 85.6 Å². The van der Waals surface area contributed by atoms with E-state index in [4.69, 9.17) is 4.42 Å². The van der Waals surface area contributed by atoms with E-state index in [-0.39, 0.29) is 11.6 Å². The Morgan fingerprint density at radius 3 is 3.22 bits per heavy atom. The van der Waals surface area contributed by atoms with Crippen LogP contribution in [0.2, 0.25) is 0 Å². The first kappa shape index (κ1) is 10.8. The number of nitrogens with one attached hydrogen (secondary N) is 1. The van der Waals surface area contributed by atoms with Crippen molar-refractivity contribution in [3.05, 3.63) is 45.8 Å². The minimum Gasteiger partial charge on any atom is -0.472 e. The Kier molecular flexibility index (Phi) is 2.49. The van der Waals surface area contributed by atoms with Crippen LogP contribution in [0.3, 0.4) is 0 Å². The zero-order valence-electron chi connectivity index (χ0n) is 9.07. The van der Waals surface area contributed by atoms with Crippen LogP contribution >= 0.6 is 11.3 Å². The van der Waals surface area contributed by atoms with Crippen LogP contribution in [0.1, 0.15) is 5.56 Å². The molecule has 0 spiro atoms. The second-order valence-corrected chi connectivity index (χ2v) is 4.45. The van der Waals surface area contributed by atoms with Gasteiger partial charge in [-0.25, -0.2) is 0 Å². The summed E-state index contributed by atoms with van der Waals surface area (Å²) < 4.78 is 6.39. The summed E-state index contributed by atoms with van der Waals surface area (Å²) >= 11 is 1.35. The first-order valence-electron chi connectivity index (χ1n) is 5.10. The molecule has 1 N–H and O–H groups in total. The van der Waals surface area contributed by atoms with E-state index in [0.717, 1.165) is 5.56 Å². The Morgan fingerprint density at radius 2 is 2.50 bits per heavy atom. The van der Waals surface area contributed by atoms with Crippen molar-refractivity contribution < 1.29 is 9.34 Å². The fourth-order valence-corrected chi connectivity index (χ4v) is 2.36. The maximum absolute atomic E-state index is 11.0. The summed E-state index contributed by atoms with van der Waals surface area (Å²) in [6, 6.07) is 1.79. The van der Waals surface area contributed by atoms with Gasteiger partial charge in [-0.15, -0.1) is 0 Å². The van der Waals surface area contributed by atoms with Crippen LogP contribution in [-0.2, 0) is 6.54 Å². The molecule has 8 heteroatoms. The summed E-state index contributed by atoms with van der Waals surface area (Å²) in [4.78, 5) is 15.4. The van der Waals surface area contributed by atoms with Crippen LogP contribution in [0.4, 0.5) is 11.6 Å². The van der Waals surface area contributed by atoms with E-state index in [2.05, 4.69) is 10.3 Å². The van der Waals surface area contributed by atoms with Gasteiger partial charge in [0.25, 0.3) is 4.96 Å². The molecule has 3 aromatic heterocycles. The summed E-state index contributed by atoms with van der Waals surface area (Å²) in [5.41, 5.74) is 0.903. The maximum atomic E-state index is 11.0. The summed E-state index contributed by atoms with van der Waals surface area (Å²) in [5.74, 6) is 0.225. The molecule has 0 saturated heterocycles. The average Bonchev–Trinajstić information content (AvgIpc) is 3.01. The molecule has 0 bridgehead atoms. The third-order valence-corrected chi connectivity index (χ3v) is 3.21. The normalized spacial score (nSPS) is 10.9. The third-order valence-electron chi connectivity index (χ3n) is 2.45. The van der Waals surface area contributed by atoms with Crippen LogP contribution in [0.25, 0.3) is 4.96 Å². The van der Waals surface area contributed by atoms with E-state index in [1.54, 1.807) is 30.2 Å². The van der Waals surface area contributed by atoms with Crippen molar-refractivity contribution in [1.29, 1.82) is 0 Å². The predicted octanol–water partition coefficient (Wildman–Crippen LogP) is 2.51. The molecule has 0 atom stereocenters. The van der Waals surface area contributed by atoms with Gasteiger partial charge in [0, 0.05) is 17.5 Å². The highest BCUT2D eigenvalue weighted by Gasteiger charge is 2.23. The molecular weight excluding hydrogens is 256 g/mol. The van der Waals surface area contributed by atoms with Crippen molar-refractivity contribution in [2.45, 2.75) is 6.54 Å². The molecule has 0 aromatic carbocycles. The zero-order valence-corrected chi connectivity index (χ0v) is 9.88. The van der Waals surface area contributed by atoms with Gasteiger partial charge in [-0.2, -0.15) is 9.38 Å². The van der Waals surface area contributed by atoms with E-state index < -0.39 is 4.92 Å². The molecule has 0 aliphatic carbocycles. The molecule has 3 aromatic rings. The van der Waals surface area contributed by atoms with Crippen LogP contribution in [-0.4, -0.2) is 14.3 Å². The Hall–Kier alpha value is -2.35. The Morgan fingerprint density at radius 1 is 1.61 bits per heavy atom. The van der Waals surface area contributed by atoms with Gasteiger partial charge < -0.3 is 19.8 Å². The molecule has 0 aliphatic heterocycles. The lowest BCUT2D eigenvalue weighted by atomic mass is 10.3. The highest BCUT2D eigenvalue weighted by atomic mass is 32.1. The maximum Gasteiger partial charge on any atom is 0.372 e. The first-order valence-corrected chi connectivity index (χ1v) is 5.98. The molecule has 7 nitrogen and oxygen atoms in total. The number of rotatable bonds is 4. The van der Waals surface area contributed by atoms with Gasteiger partial charge in [0.05, 0.1) is 12.5 Å². The van der Waals surface area contributed by atoms with E-state index >= 15 is 0 Å². The summed E-state index contributed by atoms with van der Waals surface area (Å²) in [6.07, 6.45) is 4.77. The monoisotopic (exact) mass is 264 g/mol. The zero-order chi connectivity index (χ0) is 12.5. The number of aromatic nitrogens is 2. The Labute approximate surface area is 105 Å². The van der Waals surface area contributed by atoms with Gasteiger partial charge in [0.2, 0.25) is 5.82 Å². The van der Waals surface area contributed by atoms with E-state index in [0.29, 0.717) is 11.5 Å². The number of nitro groups is 1. The van der Waals surface area contributed by atoms with Crippen molar-refractivity contribution in [1.82, 2.24) is 9.38 Å². The lowest BCUT2D eigenvalue weighted by Crippen LogP contribution is -2.02. The van der Waals surface area contributed by atoms with Crippen LogP contribution in [0.15, 0.2) is 34.6 Å². The summed E-state index contributed by atoms with van der Waals surface area (Å²) in [5, 5.41) is 15.8. The number of nitrogens with zero attached hydrogens (tertiary/aromatic N) is 3. The minimum absolute atomic E-state index is 0.0465. The summed E-state index contributed by atoms with van der Waals surface area (Å²) in [6.45, 7) is 0.433. The van der Waals surface area contributed by atoms with Gasteiger partial charge >= 0.3 is 5.82 Å². The molecule has 0 saturated carbocycles. The van der Waals surface area contributed by atoms with Crippen molar-refractivity contribution in [3.63, 3.8) is 0 Å². The number of imidazole rings is 1. The number of anilines is 1. The first-order chi connectivity index (χ1) is 8.75. The van der Waals surface area contributed by atoms with Gasteiger partial charge in [-0.05, 0) is 11.0 Å². The number of hydrogen-bond donors (Lipinski definition) is 1. The molecular formula is C10H8N4O3S. The molecule has 92 valence electrons. The second kappa shape index (κ2) is 4.15. The van der Waals surface area contributed by atoms with Crippen LogP contribution in [0, 0.1) is 10.1 Å². The SMILES string of the molecule is O=[N+]([O-])c1c(NCc2ccoc2)nc2sccn12. The highest BCUT2D eigenvalue weighted by Crippen LogP contribution is 2.28. The average molecular weight is 264 g/mol. The van der Waals surface area contributed by atoms with Gasteiger partial charge in [0.1, 0.15) is 6.20 Å². The van der Waals surface area contributed by atoms with E-state index in [1.165, 1.54) is 15.7 Å². The minimum atomic E-state index is -0.440. The number of thiazole rings is 1. The molecule has 3 heterocycles. The lowest BCUT2D eigenvalue weighted by molar-refractivity contribution is -0.389. The Bertz CT molecular complexity index is 685. The quantitative estimate of drug-likeness (QED) is 0.578. The predicted molar refractivity (Wildman–Crippen MR) is 65.8 cm³/mol. The second-order valence-electron chi connectivity index (χ2n) is 3.58. The van der Waals surface area contributed by atoms with Crippen molar-refractivity contribution in [2.24, 2.45) is 0 Å². The molecule has 18 heavy (non-hydrogen) atoms. The standard InChI is InChI=1S/C10H8N4O3S/c15-14(16)9-8(11-5-7-1-3-17-6-7)12-10-13(9)2-4-18-10/h1-4,6,11H,5H2. The molecule has 0 amide bonds. The fraction of sp³-hybridized carbons (Fsp3) is 0.100. The summed E-state index contributed by atoms with van der Waals surface area (Å²) in [7, 11) is 0. The van der Waals surface area contributed by atoms with Gasteiger partial charge in [0.15, 0.2) is 0 Å². The smallest absolute Gasteiger partial charge is 0.372 e. The van der Waals surface area contributed by atoms with Crippen molar-refractivity contribution in [3.8, 4) is 0 Å². The fourth-order valence-electron chi connectivity index (χ4n) is 1.65. The van der Waals surface area contributed by atoms with E-state index in [1.807, 2.05) is 0 Å². The molecule has 0 aliphatic rings. The third kappa shape index (κ3) is 1.72. The number of fused-ring (bicyclic) bond motifs is 1. The Balaban J connectivity index is 1.93. The molecule has 0 unspecified atom stereocenters. The van der Waals surface area contributed by atoms with Gasteiger partial charge in [-0.3, -0.25) is 0 Å². The van der Waals surface area contributed by atoms with Crippen LogP contribution in [0.5, 0.6) is 0 Å². The molecule has 3 rings (SSSR count).